The molecule has 1 N–H and O–H groups in total. The highest BCUT2D eigenvalue weighted by Crippen LogP contribution is 2.36. The summed E-state index contributed by atoms with van der Waals surface area (Å²) in [5, 5.41) is 3.41. The van der Waals surface area contributed by atoms with Crippen LogP contribution < -0.4 is 25.4 Å². The summed E-state index contributed by atoms with van der Waals surface area (Å²) in [6.07, 6.45) is 6.69. The van der Waals surface area contributed by atoms with E-state index in [1.54, 1.807) is 44.8 Å². The average Bonchev–Trinajstić information content (AvgIpc) is 3.47. The number of rotatable bonds is 10. The Hall–Kier alpha value is -5.67. The number of piperazine rings is 1. The van der Waals surface area contributed by atoms with E-state index in [0.717, 1.165) is 81.2 Å². The van der Waals surface area contributed by atoms with Gasteiger partial charge in [-0.15, -0.1) is 0 Å². The van der Waals surface area contributed by atoms with E-state index in [2.05, 4.69) is 25.0 Å². The van der Waals surface area contributed by atoms with Crippen molar-refractivity contribution < 1.29 is 28.3 Å². The highest BCUT2D eigenvalue weighted by atomic mass is 19.1. The molecule has 0 spiro atoms. The first-order valence-electron chi connectivity index (χ1n) is 20.0. The zero-order valence-corrected chi connectivity index (χ0v) is 33.4. The monoisotopic (exact) mass is 792 g/mol. The number of aromatic nitrogens is 2. The lowest BCUT2D eigenvalue weighted by molar-refractivity contribution is -0.136. The number of imide groups is 2. The summed E-state index contributed by atoms with van der Waals surface area (Å²) >= 11 is 0. The van der Waals surface area contributed by atoms with Crippen LogP contribution in [0.25, 0.3) is 21.9 Å². The van der Waals surface area contributed by atoms with Crippen LogP contribution in [0.2, 0.25) is 0 Å². The second kappa shape index (κ2) is 15.9. The summed E-state index contributed by atoms with van der Waals surface area (Å²) in [7, 11) is 7.02. The van der Waals surface area contributed by atoms with Gasteiger partial charge in [0, 0.05) is 94.9 Å². The highest BCUT2D eigenvalue weighted by Gasteiger charge is 2.45. The van der Waals surface area contributed by atoms with Gasteiger partial charge in [0.25, 0.3) is 17.4 Å². The molecular formula is C43H49FN8O6. The molecule has 15 heteroatoms. The molecule has 14 nitrogen and oxygen atoms in total. The molecular weight excluding hydrogens is 744 g/mol. The van der Waals surface area contributed by atoms with Crippen LogP contribution in [0, 0.1) is 11.7 Å². The molecule has 8 rings (SSSR count). The standard InChI is InChI=1S/C43H49FN8O6/c1-47(2)38-22-30-32(23-45-38)41(55)48(3)24-33(30)27-19-35(44)34(37(20-27)58-4)25-50-13-10-26(11-14-50)9-12-49-15-17-51(18-16-49)28-5-6-29-31(21-28)43(57)52(42(29)56)36-7-8-39(53)46-40(36)54/h5-6,19-24,26,36H,7-18,25H2,1-4H3,(H,46,53,54). The molecule has 0 radical (unpaired) electrons. The lowest BCUT2D eigenvalue weighted by atomic mass is 9.92. The highest BCUT2D eigenvalue weighted by molar-refractivity contribution is 6.23. The first-order chi connectivity index (χ1) is 27.9. The third-order valence-electron chi connectivity index (χ3n) is 12.3. The molecule has 0 bridgehead atoms. The quantitative estimate of drug-likeness (QED) is 0.236. The molecule has 4 aliphatic heterocycles. The number of carbonyl (C=O) groups excluding carboxylic acids is 4. The summed E-state index contributed by atoms with van der Waals surface area (Å²) in [5.74, 6) is -0.580. The van der Waals surface area contributed by atoms with Gasteiger partial charge in [-0.2, -0.15) is 0 Å². The molecule has 4 amide bonds. The second-order valence-corrected chi connectivity index (χ2v) is 16.1. The Morgan fingerprint density at radius 2 is 1.60 bits per heavy atom. The number of pyridine rings is 2. The van der Waals surface area contributed by atoms with Crippen LogP contribution in [0.4, 0.5) is 15.9 Å². The van der Waals surface area contributed by atoms with E-state index in [0.29, 0.717) is 51.5 Å². The largest absolute Gasteiger partial charge is 0.496 e. The van der Waals surface area contributed by atoms with Crippen molar-refractivity contribution in [1.82, 2.24) is 29.6 Å². The van der Waals surface area contributed by atoms with E-state index in [-0.39, 0.29) is 29.8 Å². The van der Waals surface area contributed by atoms with E-state index < -0.39 is 29.7 Å². The summed E-state index contributed by atoms with van der Waals surface area (Å²) < 4.78 is 23.3. The number of methoxy groups -OCH3 is 1. The number of anilines is 2. The molecule has 2 aromatic carbocycles. The van der Waals surface area contributed by atoms with Crippen LogP contribution in [-0.4, -0.2) is 121 Å². The molecule has 6 heterocycles. The number of fused-ring (bicyclic) bond motifs is 2. The predicted octanol–water partition coefficient (Wildman–Crippen LogP) is 3.64. The third kappa shape index (κ3) is 7.44. The van der Waals surface area contributed by atoms with Crippen LogP contribution in [-0.2, 0) is 23.2 Å². The van der Waals surface area contributed by atoms with Crippen LogP contribution >= 0.6 is 0 Å². The summed E-state index contributed by atoms with van der Waals surface area (Å²) in [6.45, 7) is 6.51. The van der Waals surface area contributed by atoms with Gasteiger partial charge in [-0.25, -0.2) is 9.37 Å². The lowest BCUT2D eigenvalue weighted by Crippen LogP contribution is -2.54. The van der Waals surface area contributed by atoms with Crippen molar-refractivity contribution in [2.75, 3.05) is 76.8 Å². The molecule has 304 valence electrons. The number of hydrogen-bond donors (Lipinski definition) is 1. The van der Waals surface area contributed by atoms with Crippen LogP contribution in [0.5, 0.6) is 5.75 Å². The average molecular weight is 793 g/mol. The molecule has 1 unspecified atom stereocenters. The maximum Gasteiger partial charge on any atom is 0.262 e. The zero-order valence-electron chi connectivity index (χ0n) is 33.4. The van der Waals surface area contributed by atoms with E-state index in [1.165, 1.54) is 4.57 Å². The van der Waals surface area contributed by atoms with Gasteiger partial charge in [0.2, 0.25) is 11.8 Å². The number of amides is 4. The summed E-state index contributed by atoms with van der Waals surface area (Å²) in [4.78, 5) is 77.7. The van der Waals surface area contributed by atoms with Crippen LogP contribution in [0.1, 0.15) is 58.4 Å². The number of ether oxygens (including phenoxy) is 1. The molecule has 0 saturated carbocycles. The normalized spacial score (nSPS) is 19.6. The van der Waals surface area contributed by atoms with Crippen molar-refractivity contribution in [1.29, 1.82) is 0 Å². The minimum absolute atomic E-state index is 0.0858. The van der Waals surface area contributed by atoms with Crippen molar-refractivity contribution in [2.45, 2.75) is 44.7 Å². The molecule has 3 fully saturated rings. The SMILES string of the molecule is COc1cc(-c2cn(C)c(=O)c3cnc(N(C)C)cc23)cc(F)c1CN1CCC(CCN2CCN(c3ccc4c(c3)C(=O)N(C3CCC(=O)NC3=O)C4=O)CC2)CC1. The fourth-order valence-corrected chi connectivity index (χ4v) is 8.83. The van der Waals surface area contributed by atoms with Crippen LogP contribution in [0.3, 0.4) is 0 Å². The fraction of sp³-hybridized carbons (Fsp3) is 0.442. The molecule has 58 heavy (non-hydrogen) atoms. The van der Waals surface area contributed by atoms with Gasteiger partial charge in [0.15, 0.2) is 0 Å². The fourth-order valence-electron chi connectivity index (χ4n) is 8.83. The number of aryl methyl sites for hydroxylation is 1. The summed E-state index contributed by atoms with van der Waals surface area (Å²) in [5.41, 5.74) is 3.17. The Balaban J connectivity index is 0.838. The third-order valence-corrected chi connectivity index (χ3v) is 12.3. The number of nitrogens with zero attached hydrogens (tertiary/aromatic N) is 7. The van der Waals surface area contributed by atoms with Gasteiger partial charge in [0.1, 0.15) is 23.4 Å². The van der Waals surface area contributed by atoms with Crippen LogP contribution in [0.15, 0.2) is 53.6 Å². The van der Waals surface area contributed by atoms with E-state index in [1.807, 2.05) is 37.2 Å². The Morgan fingerprint density at radius 3 is 2.31 bits per heavy atom. The van der Waals surface area contributed by atoms with E-state index in [4.69, 9.17) is 4.74 Å². The Labute approximate surface area is 336 Å². The van der Waals surface area contributed by atoms with Gasteiger partial charge < -0.3 is 19.1 Å². The maximum absolute atomic E-state index is 16.0. The number of piperidine rings is 2. The number of nitrogens with one attached hydrogen (secondary N) is 1. The van der Waals surface area contributed by atoms with E-state index >= 15 is 4.39 Å². The van der Waals surface area contributed by atoms with Gasteiger partial charge in [-0.1, -0.05) is 0 Å². The van der Waals surface area contributed by atoms with Crippen molar-refractivity contribution in [3.05, 3.63) is 81.7 Å². The maximum atomic E-state index is 16.0. The molecule has 2 aromatic heterocycles. The number of benzene rings is 2. The number of hydrogen-bond acceptors (Lipinski definition) is 11. The minimum Gasteiger partial charge on any atom is -0.496 e. The van der Waals surface area contributed by atoms with Crippen molar-refractivity contribution >= 4 is 45.9 Å². The van der Waals surface area contributed by atoms with E-state index in [9.17, 15) is 24.0 Å². The molecule has 4 aliphatic rings. The minimum atomic E-state index is -0.980. The molecule has 1 atom stereocenters. The Morgan fingerprint density at radius 1 is 0.862 bits per heavy atom. The molecule has 0 aliphatic carbocycles. The van der Waals surface area contributed by atoms with Crippen molar-refractivity contribution in [2.24, 2.45) is 13.0 Å². The molecule has 4 aromatic rings. The Bertz CT molecular complexity index is 2370. The van der Waals surface area contributed by atoms with Crippen molar-refractivity contribution in [3.8, 4) is 16.9 Å². The first kappa shape index (κ1) is 39.2. The number of likely N-dealkylation sites (tertiary alicyclic amines) is 1. The number of carbonyl (C=O) groups is 4. The van der Waals surface area contributed by atoms with Gasteiger partial charge in [-0.05, 0) is 93.2 Å². The number of halogens is 1. The van der Waals surface area contributed by atoms with Crippen molar-refractivity contribution in [3.63, 3.8) is 0 Å². The lowest BCUT2D eigenvalue weighted by Gasteiger charge is -2.38. The first-order valence-corrected chi connectivity index (χ1v) is 20.0. The van der Waals surface area contributed by atoms with Gasteiger partial charge in [0.05, 0.1) is 23.6 Å². The predicted molar refractivity (Wildman–Crippen MR) is 218 cm³/mol. The zero-order chi connectivity index (χ0) is 40.8. The van der Waals surface area contributed by atoms with Gasteiger partial charge in [-0.3, -0.25) is 44.0 Å². The molecule has 3 saturated heterocycles. The topological polar surface area (TPSA) is 141 Å². The Kier molecular flexibility index (Phi) is 10.8. The second-order valence-electron chi connectivity index (χ2n) is 16.1. The van der Waals surface area contributed by atoms with Gasteiger partial charge >= 0.3 is 0 Å². The smallest absolute Gasteiger partial charge is 0.262 e. The summed E-state index contributed by atoms with van der Waals surface area (Å²) in [6, 6.07) is 9.59.